The molecule has 0 aliphatic heterocycles. The number of methoxy groups -OCH3 is 1. The van der Waals surface area contributed by atoms with Crippen LogP contribution in [-0.4, -0.2) is 59.8 Å². The zero-order valence-electron chi connectivity index (χ0n) is 31.9. The van der Waals surface area contributed by atoms with Crippen LogP contribution in [0, 0.1) is 6.92 Å². The third kappa shape index (κ3) is 13.0. The average molecular weight is 715 g/mol. The van der Waals surface area contributed by atoms with Gasteiger partial charge in [0.25, 0.3) is 0 Å². The van der Waals surface area contributed by atoms with Crippen LogP contribution < -0.4 is 15.5 Å². The minimum atomic E-state index is -0.709. The normalized spacial score (nSPS) is 11.1. The second kappa shape index (κ2) is 21.0. The molecule has 1 aromatic heterocycles. The number of amides is 3. The number of carbonyl (C=O) groups excluding carboxylic acids is 4. The summed E-state index contributed by atoms with van der Waals surface area (Å²) >= 11 is 0. The molecular formula is C41H54N4O7. The largest absolute Gasteiger partial charge is 0.507 e. The molecule has 11 nitrogen and oxygen atoms in total. The van der Waals surface area contributed by atoms with E-state index in [-0.39, 0.29) is 37.6 Å². The number of benzene rings is 3. The van der Waals surface area contributed by atoms with Gasteiger partial charge in [-0.25, -0.2) is 9.78 Å². The van der Waals surface area contributed by atoms with Crippen molar-refractivity contribution in [2.24, 2.45) is 0 Å². The van der Waals surface area contributed by atoms with Crippen molar-refractivity contribution in [3.05, 3.63) is 90.1 Å². The number of aryl methyl sites for hydroxylation is 1. The number of esters is 1. The maximum absolute atomic E-state index is 12.9. The van der Waals surface area contributed by atoms with Gasteiger partial charge in [0, 0.05) is 24.5 Å². The fourth-order valence-corrected chi connectivity index (χ4v) is 5.13. The summed E-state index contributed by atoms with van der Waals surface area (Å²) in [6, 6.07) is 21.4. The highest BCUT2D eigenvalue weighted by Crippen LogP contribution is 2.34. The summed E-state index contributed by atoms with van der Waals surface area (Å²) in [5.41, 5.74) is 2.72. The van der Waals surface area contributed by atoms with Crippen LogP contribution in [0.5, 0.6) is 5.75 Å². The number of aromatic hydroxyl groups is 1. The van der Waals surface area contributed by atoms with E-state index >= 15 is 0 Å². The molecule has 3 amide bonds. The Hall–Kier alpha value is -5.45. The number of ether oxygens (including phenoxy) is 2. The maximum Gasteiger partial charge on any atom is 0.416 e. The SMILES string of the molecule is CC.CC.COC(=O)CC(NC(=O)CNC(=O)CCCN(C(=O)OC(C)(C)C)c1cc(C)ccn1)c1ccc(-c2ccc(O)c3ccccc23)cc1. The van der Waals surface area contributed by atoms with Crippen molar-refractivity contribution in [1.82, 2.24) is 15.6 Å². The molecule has 4 rings (SSSR count). The van der Waals surface area contributed by atoms with Gasteiger partial charge < -0.3 is 25.2 Å². The average Bonchev–Trinajstić information content (AvgIpc) is 3.13. The van der Waals surface area contributed by atoms with Gasteiger partial charge in [-0.3, -0.25) is 19.3 Å². The summed E-state index contributed by atoms with van der Waals surface area (Å²) in [4.78, 5) is 56.4. The van der Waals surface area contributed by atoms with E-state index in [1.54, 1.807) is 39.1 Å². The Labute approximate surface area is 307 Å². The van der Waals surface area contributed by atoms with Gasteiger partial charge in [-0.1, -0.05) is 82.3 Å². The molecule has 280 valence electrons. The smallest absolute Gasteiger partial charge is 0.416 e. The van der Waals surface area contributed by atoms with Crippen LogP contribution in [0.3, 0.4) is 0 Å². The van der Waals surface area contributed by atoms with E-state index in [9.17, 15) is 24.3 Å². The number of aromatic nitrogens is 1. The number of carbonyl (C=O) groups is 4. The fourth-order valence-electron chi connectivity index (χ4n) is 5.13. The highest BCUT2D eigenvalue weighted by Gasteiger charge is 2.25. The summed E-state index contributed by atoms with van der Waals surface area (Å²) in [7, 11) is 1.28. The highest BCUT2D eigenvalue weighted by molar-refractivity contribution is 6.00. The molecule has 11 heteroatoms. The molecule has 1 atom stereocenters. The second-order valence-electron chi connectivity index (χ2n) is 12.4. The number of phenols is 1. The molecule has 52 heavy (non-hydrogen) atoms. The Morgan fingerprint density at radius 2 is 1.54 bits per heavy atom. The maximum atomic E-state index is 12.9. The Morgan fingerprint density at radius 1 is 0.885 bits per heavy atom. The minimum Gasteiger partial charge on any atom is -0.507 e. The van der Waals surface area contributed by atoms with Gasteiger partial charge in [-0.2, -0.15) is 0 Å². The van der Waals surface area contributed by atoms with Crippen LogP contribution in [0.25, 0.3) is 21.9 Å². The van der Waals surface area contributed by atoms with Gasteiger partial charge in [-0.05, 0) is 80.0 Å². The van der Waals surface area contributed by atoms with Crippen LogP contribution in [0.4, 0.5) is 10.6 Å². The lowest BCUT2D eigenvalue weighted by Gasteiger charge is -2.27. The summed E-state index contributed by atoms with van der Waals surface area (Å²) in [5, 5.41) is 17.3. The molecule has 3 aromatic carbocycles. The molecule has 0 spiro atoms. The summed E-state index contributed by atoms with van der Waals surface area (Å²) < 4.78 is 10.4. The Kier molecular flexibility index (Phi) is 17.3. The van der Waals surface area contributed by atoms with Crippen molar-refractivity contribution in [1.29, 1.82) is 0 Å². The van der Waals surface area contributed by atoms with Gasteiger partial charge in [0.2, 0.25) is 11.8 Å². The predicted molar refractivity (Wildman–Crippen MR) is 206 cm³/mol. The topological polar surface area (TPSA) is 147 Å². The van der Waals surface area contributed by atoms with E-state index in [1.807, 2.05) is 95.3 Å². The number of hydrogen-bond donors (Lipinski definition) is 3. The molecule has 0 aliphatic rings. The predicted octanol–water partition coefficient (Wildman–Crippen LogP) is 8.03. The van der Waals surface area contributed by atoms with Gasteiger partial charge in [0.1, 0.15) is 17.2 Å². The van der Waals surface area contributed by atoms with Crippen LogP contribution in [0.1, 0.15) is 84.9 Å². The minimum absolute atomic E-state index is 0.0530. The molecule has 3 N–H and O–H groups in total. The first-order valence-corrected chi connectivity index (χ1v) is 17.7. The third-order valence-corrected chi connectivity index (χ3v) is 7.48. The van der Waals surface area contributed by atoms with E-state index in [2.05, 4.69) is 15.6 Å². The van der Waals surface area contributed by atoms with E-state index in [0.29, 0.717) is 17.8 Å². The van der Waals surface area contributed by atoms with E-state index < -0.39 is 29.6 Å². The number of anilines is 1. The van der Waals surface area contributed by atoms with E-state index in [4.69, 9.17) is 9.47 Å². The van der Waals surface area contributed by atoms with Gasteiger partial charge >= 0.3 is 12.1 Å². The van der Waals surface area contributed by atoms with Crippen molar-refractivity contribution in [2.75, 3.05) is 25.1 Å². The molecule has 4 aromatic rings. The van der Waals surface area contributed by atoms with Crippen LogP contribution in [-0.2, 0) is 23.9 Å². The van der Waals surface area contributed by atoms with Crippen molar-refractivity contribution < 1.29 is 33.8 Å². The number of pyridine rings is 1. The summed E-state index contributed by atoms with van der Waals surface area (Å²) in [6.45, 7) is 15.1. The quantitative estimate of drug-likeness (QED) is 0.125. The zero-order chi connectivity index (χ0) is 38.8. The number of nitrogens with one attached hydrogen (secondary N) is 2. The first-order chi connectivity index (χ1) is 24.8. The number of phenolic OH excluding ortho intramolecular Hbond substituents is 1. The molecule has 0 saturated carbocycles. The molecule has 1 heterocycles. The molecule has 0 radical (unpaired) electrons. The lowest BCUT2D eigenvalue weighted by Crippen LogP contribution is -2.40. The molecule has 0 aliphatic carbocycles. The second-order valence-corrected chi connectivity index (χ2v) is 12.4. The van der Waals surface area contributed by atoms with Crippen LogP contribution in [0.15, 0.2) is 79.0 Å². The van der Waals surface area contributed by atoms with Gasteiger partial charge in [-0.15, -0.1) is 0 Å². The molecule has 0 fully saturated rings. The summed E-state index contributed by atoms with van der Waals surface area (Å²) in [6.07, 6.45) is 1.28. The number of rotatable bonds is 12. The Bertz CT molecular complexity index is 1770. The van der Waals surface area contributed by atoms with Gasteiger partial charge in [0.15, 0.2) is 0 Å². The van der Waals surface area contributed by atoms with Crippen LogP contribution in [0.2, 0.25) is 0 Å². The molecule has 1 unspecified atom stereocenters. The van der Waals surface area contributed by atoms with Gasteiger partial charge in [0.05, 0.1) is 26.1 Å². The van der Waals surface area contributed by atoms with Crippen molar-refractivity contribution >= 4 is 40.5 Å². The van der Waals surface area contributed by atoms with Crippen molar-refractivity contribution in [2.45, 2.75) is 86.3 Å². The molecule has 0 saturated heterocycles. The summed E-state index contributed by atoms with van der Waals surface area (Å²) in [5.74, 6) is -0.742. The number of fused-ring (bicyclic) bond motifs is 1. The highest BCUT2D eigenvalue weighted by atomic mass is 16.6. The first kappa shape index (κ1) is 42.7. The van der Waals surface area contributed by atoms with E-state index in [0.717, 1.165) is 27.5 Å². The fraction of sp³-hybridized carbons (Fsp3) is 0.390. The Balaban J connectivity index is 0.00000226. The lowest BCUT2D eigenvalue weighted by atomic mass is 9.95. The Morgan fingerprint density at radius 3 is 2.15 bits per heavy atom. The first-order valence-electron chi connectivity index (χ1n) is 17.7. The molecular weight excluding hydrogens is 660 g/mol. The monoisotopic (exact) mass is 714 g/mol. The van der Waals surface area contributed by atoms with Crippen LogP contribution >= 0.6 is 0 Å². The zero-order valence-corrected chi connectivity index (χ0v) is 31.9. The van der Waals surface area contributed by atoms with E-state index in [1.165, 1.54) is 12.0 Å². The third-order valence-electron chi connectivity index (χ3n) is 7.48. The van der Waals surface area contributed by atoms with Crippen molar-refractivity contribution in [3.8, 4) is 16.9 Å². The lowest BCUT2D eigenvalue weighted by molar-refractivity contribution is -0.141. The number of nitrogens with zero attached hydrogens (tertiary/aromatic N) is 2. The van der Waals surface area contributed by atoms with Crippen molar-refractivity contribution in [3.63, 3.8) is 0 Å². The standard InChI is InChI=1S/C37H42N4O7.2C2H6/c1-24-18-19-38-32(21-24)41(36(46)48-37(2,3)4)20-8-11-33(43)39-23-34(44)40-30(22-35(45)47-5)26-14-12-25(13-15-26)27-16-17-31(42)29-10-7-6-9-28(27)29;2*1-2/h6-7,9-10,12-19,21,30,42H,8,11,20,22-23H2,1-5H3,(H,39,43)(H,40,44);2*1-2H3. The number of hydrogen-bond acceptors (Lipinski definition) is 8. The molecule has 0 bridgehead atoms.